The molecule has 0 aliphatic heterocycles. The van der Waals surface area contributed by atoms with Gasteiger partial charge in [-0.1, -0.05) is 30.3 Å². The molecule has 0 saturated heterocycles. The Morgan fingerprint density at radius 2 is 1.55 bits per heavy atom. The van der Waals surface area contributed by atoms with E-state index in [0.717, 1.165) is 12.1 Å². The summed E-state index contributed by atoms with van der Waals surface area (Å²) in [4.78, 5) is 13.2. The Kier molecular flexibility index (Phi) is 6.65. The van der Waals surface area contributed by atoms with E-state index in [1.54, 1.807) is 36.4 Å². The predicted octanol–water partition coefficient (Wildman–Crippen LogP) is 5.16. The molecule has 1 N–H and O–H groups in total. The molecule has 0 bridgehead atoms. The summed E-state index contributed by atoms with van der Waals surface area (Å²) in [5.74, 6) is 0.265. The van der Waals surface area contributed by atoms with Gasteiger partial charge < -0.3 is 14.6 Å². The van der Waals surface area contributed by atoms with Gasteiger partial charge in [0.25, 0.3) is 0 Å². The van der Waals surface area contributed by atoms with Crippen molar-refractivity contribution in [1.29, 1.82) is 0 Å². The van der Waals surface area contributed by atoms with Gasteiger partial charge in [0.2, 0.25) is 0 Å². The number of aliphatic hydroxyl groups excluding tert-OH is 1. The highest BCUT2D eigenvalue weighted by Crippen LogP contribution is 2.40. The number of hydrogen-bond acceptors (Lipinski definition) is 4. The summed E-state index contributed by atoms with van der Waals surface area (Å²) < 4.78 is 51.1. The first-order chi connectivity index (χ1) is 14.8. The van der Waals surface area contributed by atoms with Crippen LogP contribution in [0.2, 0.25) is 0 Å². The Labute approximate surface area is 177 Å². The Morgan fingerprint density at radius 1 is 0.903 bits per heavy atom. The largest absolute Gasteiger partial charge is 0.493 e. The van der Waals surface area contributed by atoms with Gasteiger partial charge in [-0.25, -0.2) is 0 Å². The Morgan fingerprint density at radius 3 is 2.13 bits per heavy atom. The van der Waals surface area contributed by atoms with E-state index in [2.05, 4.69) is 0 Å². The Hall–Kier alpha value is -3.32. The molecule has 0 atom stereocenters. The zero-order valence-electron chi connectivity index (χ0n) is 17.0. The molecule has 4 nitrogen and oxygen atoms in total. The predicted molar refractivity (Wildman–Crippen MR) is 111 cm³/mol. The van der Waals surface area contributed by atoms with Gasteiger partial charge in [0.1, 0.15) is 0 Å². The van der Waals surface area contributed by atoms with E-state index in [9.17, 15) is 23.1 Å². The van der Waals surface area contributed by atoms with Crippen molar-refractivity contribution >= 4 is 5.78 Å². The molecule has 0 aromatic heterocycles. The van der Waals surface area contributed by atoms with Crippen LogP contribution < -0.4 is 9.47 Å². The average Bonchev–Trinajstić information content (AvgIpc) is 2.78. The van der Waals surface area contributed by atoms with Crippen LogP contribution in [-0.4, -0.2) is 31.7 Å². The summed E-state index contributed by atoms with van der Waals surface area (Å²) in [6, 6.07) is 14.5. The summed E-state index contributed by atoms with van der Waals surface area (Å²) in [6.07, 6.45) is -4.43. The van der Waals surface area contributed by atoms with Crippen molar-refractivity contribution in [3.05, 3.63) is 82.9 Å². The van der Waals surface area contributed by atoms with Crippen molar-refractivity contribution in [2.45, 2.75) is 12.6 Å². The molecule has 0 radical (unpaired) electrons. The van der Waals surface area contributed by atoms with Crippen LogP contribution >= 0.6 is 0 Å². The fourth-order valence-corrected chi connectivity index (χ4v) is 3.39. The molecule has 0 fully saturated rings. The molecule has 3 aromatic carbocycles. The molecule has 0 aliphatic rings. The first kappa shape index (κ1) is 22.4. The van der Waals surface area contributed by atoms with Crippen molar-refractivity contribution in [3.63, 3.8) is 0 Å². The minimum atomic E-state index is -4.59. The van der Waals surface area contributed by atoms with Gasteiger partial charge in [-0.2, -0.15) is 13.2 Å². The van der Waals surface area contributed by atoms with Gasteiger partial charge in [0.05, 0.1) is 19.8 Å². The molecule has 0 heterocycles. The second-order valence-electron chi connectivity index (χ2n) is 6.79. The van der Waals surface area contributed by atoms with Crippen LogP contribution in [0.15, 0.2) is 60.7 Å². The highest BCUT2D eigenvalue weighted by atomic mass is 19.4. The quantitative estimate of drug-likeness (QED) is 0.527. The molecule has 3 rings (SSSR count). The number of carbonyl (C=O) groups is 1. The third-order valence-electron chi connectivity index (χ3n) is 4.91. The maximum Gasteiger partial charge on any atom is 0.416 e. The number of ketones is 1. The maximum atomic E-state index is 13.5. The second kappa shape index (κ2) is 9.22. The van der Waals surface area contributed by atoms with E-state index in [1.807, 2.05) is 0 Å². The number of alkyl halides is 3. The number of aliphatic hydroxyl groups is 1. The molecule has 0 aliphatic carbocycles. The third kappa shape index (κ3) is 4.72. The van der Waals surface area contributed by atoms with Gasteiger partial charge in [0, 0.05) is 17.7 Å². The molecular weight excluding hydrogens is 409 g/mol. The van der Waals surface area contributed by atoms with Crippen LogP contribution in [0.4, 0.5) is 13.2 Å². The van der Waals surface area contributed by atoms with Crippen molar-refractivity contribution < 1.29 is 32.5 Å². The van der Waals surface area contributed by atoms with E-state index in [1.165, 1.54) is 26.4 Å². The number of ether oxygens (including phenoxy) is 2. The van der Waals surface area contributed by atoms with Gasteiger partial charge in [0.15, 0.2) is 17.3 Å². The molecule has 162 valence electrons. The smallest absolute Gasteiger partial charge is 0.416 e. The van der Waals surface area contributed by atoms with E-state index >= 15 is 0 Å². The summed E-state index contributed by atoms with van der Waals surface area (Å²) in [6.45, 7) is -0.233. The van der Waals surface area contributed by atoms with Crippen LogP contribution in [0.5, 0.6) is 11.5 Å². The Bertz CT molecular complexity index is 1080. The lowest BCUT2D eigenvalue weighted by Gasteiger charge is -2.18. The molecule has 0 unspecified atom stereocenters. The molecular formula is C24H21F3O4. The van der Waals surface area contributed by atoms with Crippen molar-refractivity contribution in [2.75, 3.05) is 20.8 Å². The van der Waals surface area contributed by atoms with Crippen molar-refractivity contribution in [2.24, 2.45) is 0 Å². The summed E-state index contributed by atoms with van der Waals surface area (Å²) in [5.41, 5.74) is 0.585. The first-order valence-corrected chi connectivity index (χ1v) is 9.47. The van der Waals surface area contributed by atoms with E-state index in [-0.39, 0.29) is 24.2 Å². The summed E-state index contributed by atoms with van der Waals surface area (Å²) in [7, 11) is 2.85. The molecule has 31 heavy (non-hydrogen) atoms. The number of rotatable bonds is 7. The summed E-state index contributed by atoms with van der Waals surface area (Å²) >= 11 is 0. The van der Waals surface area contributed by atoms with E-state index < -0.39 is 17.5 Å². The van der Waals surface area contributed by atoms with Crippen LogP contribution in [0, 0.1) is 0 Å². The highest BCUT2D eigenvalue weighted by molar-refractivity contribution is 6.13. The van der Waals surface area contributed by atoms with Crippen LogP contribution in [-0.2, 0) is 12.6 Å². The van der Waals surface area contributed by atoms with E-state index in [4.69, 9.17) is 9.47 Å². The molecule has 0 amide bonds. The lowest BCUT2D eigenvalue weighted by atomic mass is 9.88. The van der Waals surface area contributed by atoms with Gasteiger partial charge in [-0.15, -0.1) is 0 Å². The highest BCUT2D eigenvalue weighted by Gasteiger charge is 2.32. The van der Waals surface area contributed by atoms with Gasteiger partial charge in [-0.05, 0) is 53.4 Å². The molecule has 7 heteroatoms. The standard InChI is InChI=1S/C24H21F3O4/c1-30-21-12-16(10-11-28)19(14-22(21)31-2)20-13-17(24(25,26)27)8-9-18(20)23(29)15-6-4-3-5-7-15/h3-9,12-14,28H,10-11H2,1-2H3. The number of methoxy groups -OCH3 is 2. The zero-order valence-corrected chi connectivity index (χ0v) is 17.0. The molecule has 0 spiro atoms. The monoisotopic (exact) mass is 430 g/mol. The number of hydrogen-bond donors (Lipinski definition) is 1. The topological polar surface area (TPSA) is 55.8 Å². The normalized spacial score (nSPS) is 11.3. The van der Waals surface area contributed by atoms with E-state index in [0.29, 0.717) is 28.2 Å². The molecule has 3 aromatic rings. The van der Waals surface area contributed by atoms with Crippen molar-refractivity contribution in [1.82, 2.24) is 0 Å². The number of benzene rings is 3. The van der Waals surface area contributed by atoms with Crippen LogP contribution in [0.25, 0.3) is 11.1 Å². The maximum absolute atomic E-state index is 13.5. The SMILES string of the molecule is COc1cc(CCO)c(-c2cc(C(F)(F)F)ccc2C(=O)c2ccccc2)cc1OC. The van der Waals surface area contributed by atoms with Gasteiger partial charge in [-0.3, -0.25) is 4.79 Å². The fraction of sp³-hybridized carbons (Fsp3) is 0.208. The second-order valence-corrected chi connectivity index (χ2v) is 6.79. The van der Waals surface area contributed by atoms with Crippen LogP contribution in [0.3, 0.4) is 0 Å². The van der Waals surface area contributed by atoms with Crippen molar-refractivity contribution in [3.8, 4) is 22.6 Å². The fourth-order valence-electron chi connectivity index (χ4n) is 3.39. The number of halogens is 3. The lowest BCUT2D eigenvalue weighted by Crippen LogP contribution is -2.10. The third-order valence-corrected chi connectivity index (χ3v) is 4.91. The van der Waals surface area contributed by atoms with Gasteiger partial charge >= 0.3 is 6.18 Å². The zero-order chi connectivity index (χ0) is 22.6. The summed E-state index contributed by atoms with van der Waals surface area (Å²) in [5, 5.41) is 9.50. The molecule has 0 saturated carbocycles. The minimum absolute atomic E-state index is 0.105. The number of carbonyl (C=O) groups excluding carboxylic acids is 1. The minimum Gasteiger partial charge on any atom is -0.493 e. The Balaban J connectivity index is 2.31. The average molecular weight is 430 g/mol. The lowest BCUT2D eigenvalue weighted by molar-refractivity contribution is -0.137. The van der Waals surface area contributed by atoms with Crippen LogP contribution in [0.1, 0.15) is 27.0 Å². The first-order valence-electron chi connectivity index (χ1n) is 9.47.